The monoisotopic (exact) mass is 481 g/mol. The average Bonchev–Trinajstić information content (AvgIpc) is 3.29. The zero-order valence-electron chi connectivity index (χ0n) is 18.2. The van der Waals surface area contributed by atoms with Crippen LogP contribution in [0.2, 0.25) is 5.02 Å². The molecule has 0 spiro atoms. The van der Waals surface area contributed by atoms with Gasteiger partial charge in [-0.1, -0.05) is 17.7 Å². The first-order chi connectivity index (χ1) is 16.5. The molecule has 174 valence electrons. The van der Waals surface area contributed by atoms with E-state index in [4.69, 9.17) is 11.6 Å². The molecule has 0 aliphatic carbocycles. The van der Waals surface area contributed by atoms with Crippen LogP contribution in [0.5, 0.6) is 0 Å². The Morgan fingerprint density at radius 2 is 1.97 bits per heavy atom. The van der Waals surface area contributed by atoms with Crippen molar-refractivity contribution in [2.75, 3.05) is 18.0 Å². The zero-order valence-corrected chi connectivity index (χ0v) is 19.0. The maximum absolute atomic E-state index is 13.4. The lowest BCUT2D eigenvalue weighted by Crippen LogP contribution is -2.43. The molecule has 34 heavy (non-hydrogen) atoms. The van der Waals surface area contributed by atoms with Crippen molar-refractivity contribution in [2.24, 2.45) is 5.92 Å². The molecule has 9 heteroatoms. The summed E-state index contributed by atoms with van der Waals surface area (Å²) in [7, 11) is 0. The number of halogens is 3. The van der Waals surface area contributed by atoms with Crippen LogP contribution in [0.3, 0.4) is 0 Å². The highest BCUT2D eigenvalue weighted by Gasteiger charge is 2.27. The summed E-state index contributed by atoms with van der Waals surface area (Å²) in [5.41, 5.74) is 3.10. The number of rotatable bonds is 5. The van der Waals surface area contributed by atoms with Gasteiger partial charge in [-0.15, -0.1) is 0 Å². The van der Waals surface area contributed by atoms with Crippen LogP contribution in [-0.2, 0) is 11.3 Å². The van der Waals surface area contributed by atoms with Gasteiger partial charge in [-0.05, 0) is 60.9 Å². The Hall–Kier alpha value is -3.52. The summed E-state index contributed by atoms with van der Waals surface area (Å²) in [4.78, 5) is 19.6. The maximum Gasteiger partial charge on any atom is 0.225 e. The molecule has 1 aliphatic heterocycles. The summed E-state index contributed by atoms with van der Waals surface area (Å²) in [5.74, 6) is -0.283. The van der Waals surface area contributed by atoms with Crippen LogP contribution in [0.4, 0.5) is 14.6 Å². The molecule has 2 aromatic carbocycles. The first kappa shape index (κ1) is 22.3. The molecule has 0 bridgehead atoms. The third kappa shape index (κ3) is 4.59. The number of nitrogens with one attached hydrogen (secondary N) is 1. The predicted octanol–water partition coefficient (Wildman–Crippen LogP) is 4.86. The van der Waals surface area contributed by atoms with Gasteiger partial charge in [0.1, 0.15) is 17.2 Å². The molecule has 1 aliphatic rings. The summed E-state index contributed by atoms with van der Waals surface area (Å²) in [6.45, 7) is 1.59. The van der Waals surface area contributed by atoms with E-state index in [2.05, 4.69) is 20.3 Å². The Morgan fingerprint density at radius 1 is 1.15 bits per heavy atom. The van der Waals surface area contributed by atoms with E-state index in [0.717, 1.165) is 47.5 Å². The molecule has 3 heterocycles. The number of piperidine rings is 1. The normalized spacial score (nSPS) is 16.1. The Kier molecular flexibility index (Phi) is 6.15. The molecule has 0 radical (unpaired) electrons. The van der Waals surface area contributed by atoms with Crippen molar-refractivity contribution >= 4 is 28.8 Å². The average molecular weight is 482 g/mol. The van der Waals surface area contributed by atoms with Crippen LogP contribution in [-0.4, -0.2) is 33.6 Å². The van der Waals surface area contributed by atoms with Gasteiger partial charge >= 0.3 is 0 Å². The van der Waals surface area contributed by atoms with E-state index in [9.17, 15) is 13.6 Å². The lowest BCUT2D eigenvalue weighted by molar-refractivity contribution is -0.125. The van der Waals surface area contributed by atoms with E-state index in [0.29, 0.717) is 6.54 Å². The van der Waals surface area contributed by atoms with Gasteiger partial charge in [0.05, 0.1) is 16.6 Å². The number of fused-ring (bicyclic) bond motifs is 1. The molecule has 2 aromatic heterocycles. The van der Waals surface area contributed by atoms with E-state index in [1.807, 2.05) is 6.07 Å². The number of benzene rings is 2. The maximum atomic E-state index is 13.4. The first-order valence-corrected chi connectivity index (χ1v) is 11.4. The fourth-order valence-corrected chi connectivity index (χ4v) is 4.48. The lowest BCUT2D eigenvalue weighted by atomic mass is 9.97. The van der Waals surface area contributed by atoms with Crippen LogP contribution in [0, 0.1) is 17.6 Å². The van der Waals surface area contributed by atoms with Crippen molar-refractivity contribution in [3.8, 4) is 11.3 Å². The van der Waals surface area contributed by atoms with Gasteiger partial charge in [-0.3, -0.25) is 4.79 Å². The molecule has 1 fully saturated rings. The SMILES string of the molecule is O=C(NCc1ccc(F)c(Cl)c1)[C@H]1CCCN(c2nccn3nc(-c4ccc(F)cc4)cc23)C1. The number of anilines is 1. The van der Waals surface area contributed by atoms with Crippen molar-refractivity contribution in [3.63, 3.8) is 0 Å². The van der Waals surface area contributed by atoms with Crippen molar-refractivity contribution in [3.05, 3.63) is 83.1 Å². The van der Waals surface area contributed by atoms with Crippen molar-refractivity contribution < 1.29 is 13.6 Å². The van der Waals surface area contributed by atoms with Crippen LogP contribution in [0.25, 0.3) is 16.8 Å². The molecule has 1 amide bonds. The van der Waals surface area contributed by atoms with Crippen molar-refractivity contribution in [2.45, 2.75) is 19.4 Å². The summed E-state index contributed by atoms with van der Waals surface area (Å²) in [5, 5.41) is 7.59. The molecule has 6 nitrogen and oxygen atoms in total. The van der Waals surface area contributed by atoms with Gasteiger partial charge in [0.15, 0.2) is 5.82 Å². The summed E-state index contributed by atoms with van der Waals surface area (Å²) >= 11 is 5.84. The molecule has 0 unspecified atom stereocenters. The Bertz CT molecular complexity index is 1340. The number of hydrogen-bond acceptors (Lipinski definition) is 4. The van der Waals surface area contributed by atoms with Crippen LogP contribution >= 0.6 is 11.6 Å². The van der Waals surface area contributed by atoms with Crippen LogP contribution in [0.15, 0.2) is 60.9 Å². The smallest absolute Gasteiger partial charge is 0.225 e. The predicted molar refractivity (Wildman–Crippen MR) is 127 cm³/mol. The number of carbonyl (C=O) groups is 1. The summed E-state index contributed by atoms with van der Waals surface area (Å²) < 4.78 is 28.4. The molecule has 1 atom stereocenters. The van der Waals surface area contributed by atoms with Gasteiger partial charge in [0.25, 0.3) is 0 Å². The lowest BCUT2D eigenvalue weighted by Gasteiger charge is -2.33. The fraction of sp³-hybridized carbons (Fsp3) is 0.240. The molecule has 1 saturated heterocycles. The topological polar surface area (TPSA) is 62.5 Å². The molecule has 0 saturated carbocycles. The highest BCUT2D eigenvalue weighted by atomic mass is 35.5. The Balaban J connectivity index is 1.31. The summed E-state index contributed by atoms with van der Waals surface area (Å²) in [6, 6.07) is 12.6. The zero-order chi connectivity index (χ0) is 23.7. The minimum atomic E-state index is -0.483. The second kappa shape index (κ2) is 9.38. The van der Waals surface area contributed by atoms with Crippen LogP contribution < -0.4 is 10.2 Å². The Morgan fingerprint density at radius 3 is 2.76 bits per heavy atom. The van der Waals surface area contributed by atoms with Crippen LogP contribution in [0.1, 0.15) is 18.4 Å². The Labute approximate surface area is 200 Å². The fourth-order valence-electron chi connectivity index (χ4n) is 4.28. The van der Waals surface area contributed by atoms with E-state index in [1.165, 1.54) is 24.3 Å². The second-order valence-corrected chi connectivity index (χ2v) is 8.78. The quantitative estimate of drug-likeness (QED) is 0.442. The number of hydrogen-bond donors (Lipinski definition) is 1. The standard InChI is InChI=1S/C25H22ClF2N5O/c26-20-12-16(3-8-21(20)28)14-30-25(34)18-2-1-10-32(15-18)24-23-13-22(31-33(23)11-9-29-24)17-4-6-19(27)7-5-17/h3-9,11-13,18H,1-2,10,14-15H2,(H,30,34)/t18-/m0/s1. The van der Waals surface area contributed by atoms with Gasteiger partial charge in [-0.2, -0.15) is 5.10 Å². The number of aromatic nitrogens is 3. The highest BCUT2D eigenvalue weighted by molar-refractivity contribution is 6.30. The van der Waals surface area contributed by atoms with E-state index in [-0.39, 0.29) is 29.2 Å². The molecule has 1 N–H and O–H groups in total. The minimum absolute atomic E-state index is 0.0376. The molecular weight excluding hydrogens is 460 g/mol. The number of carbonyl (C=O) groups excluding carboxylic acids is 1. The van der Waals surface area contributed by atoms with Gasteiger partial charge in [0, 0.05) is 37.6 Å². The van der Waals surface area contributed by atoms with Gasteiger partial charge in [-0.25, -0.2) is 18.3 Å². The van der Waals surface area contributed by atoms with E-state index in [1.54, 1.807) is 35.1 Å². The third-order valence-electron chi connectivity index (χ3n) is 6.05. The molecule has 5 rings (SSSR count). The molecular formula is C25H22ClF2N5O. The van der Waals surface area contributed by atoms with Gasteiger partial charge in [0.2, 0.25) is 5.91 Å². The minimum Gasteiger partial charge on any atom is -0.354 e. The van der Waals surface area contributed by atoms with Crippen molar-refractivity contribution in [1.82, 2.24) is 19.9 Å². The number of nitrogens with zero attached hydrogens (tertiary/aromatic N) is 4. The highest BCUT2D eigenvalue weighted by Crippen LogP contribution is 2.28. The largest absolute Gasteiger partial charge is 0.354 e. The number of amides is 1. The molecule has 4 aromatic rings. The van der Waals surface area contributed by atoms with Gasteiger partial charge < -0.3 is 10.2 Å². The second-order valence-electron chi connectivity index (χ2n) is 8.37. The summed E-state index contributed by atoms with van der Waals surface area (Å²) in [6.07, 6.45) is 5.08. The van der Waals surface area contributed by atoms with E-state index < -0.39 is 5.82 Å². The first-order valence-electron chi connectivity index (χ1n) is 11.0. The van der Waals surface area contributed by atoms with Crippen molar-refractivity contribution in [1.29, 1.82) is 0 Å². The third-order valence-corrected chi connectivity index (χ3v) is 6.34. The van der Waals surface area contributed by atoms with E-state index >= 15 is 0 Å².